The van der Waals surface area contributed by atoms with E-state index in [1.165, 1.54) is 11.8 Å². The number of thioether (sulfide) groups is 1. The van der Waals surface area contributed by atoms with Crippen molar-refractivity contribution in [2.75, 3.05) is 11.1 Å². The Balaban J connectivity index is 1.38. The second kappa shape index (κ2) is 10.3. The lowest BCUT2D eigenvalue weighted by molar-refractivity contribution is -0.113. The molecule has 0 aliphatic heterocycles. The maximum absolute atomic E-state index is 12.6. The van der Waals surface area contributed by atoms with E-state index in [9.17, 15) is 9.59 Å². The Bertz CT molecular complexity index is 1190. The first-order chi connectivity index (χ1) is 15.7. The molecule has 4 rings (SSSR count). The van der Waals surface area contributed by atoms with Crippen molar-refractivity contribution in [3.63, 3.8) is 0 Å². The third-order valence-electron chi connectivity index (χ3n) is 4.56. The summed E-state index contributed by atoms with van der Waals surface area (Å²) in [6, 6.07) is 14.4. The van der Waals surface area contributed by atoms with Crippen molar-refractivity contribution in [2.45, 2.75) is 25.2 Å². The van der Waals surface area contributed by atoms with Gasteiger partial charge in [-0.05, 0) is 42.6 Å². The Morgan fingerprint density at radius 1 is 1.12 bits per heavy atom. The number of carbonyl (C=O) groups is 2. The average molecular weight is 468 g/mol. The number of nitrogens with zero attached hydrogens (tertiary/aromatic N) is 3. The summed E-state index contributed by atoms with van der Waals surface area (Å²) in [7, 11) is 0. The van der Waals surface area contributed by atoms with Crippen LogP contribution in [0, 0.1) is 0 Å². The molecular weight excluding hydrogens is 446 g/mol. The van der Waals surface area contributed by atoms with E-state index in [0.29, 0.717) is 28.7 Å². The van der Waals surface area contributed by atoms with Crippen LogP contribution in [0.15, 0.2) is 69.7 Å². The standard InChI is InChI=1S/C22H21N5O3S2/c1-2-27-20(18-10-6-12-31-18)25-26-22(27)32-14-19(28)24-17-9-4-3-8-16(17)21(29)23-13-15-7-5-11-30-15/h3-12H,2,13-14H2,1H3,(H,23,29)(H,24,28). The minimum atomic E-state index is -0.295. The predicted molar refractivity (Wildman–Crippen MR) is 125 cm³/mol. The van der Waals surface area contributed by atoms with Gasteiger partial charge in [0.15, 0.2) is 11.0 Å². The average Bonchev–Trinajstić information content (AvgIpc) is 3.58. The molecule has 0 saturated carbocycles. The van der Waals surface area contributed by atoms with Crippen LogP contribution in [0.25, 0.3) is 10.7 Å². The van der Waals surface area contributed by atoms with Crippen molar-refractivity contribution in [1.82, 2.24) is 20.1 Å². The van der Waals surface area contributed by atoms with Gasteiger partial charge in [-0.2, -0.15) is 0 Å². The first-order valence-corrected chi connectivity index (χ1v) is 11.8. The van der Waals surface area contributed by atoms with Gasteiger partial charge in [0.1, 0.15) is 5.76 Å². The maximum atomic E-state index is 12.6. The third kappa shape index (κ3) is 5.09. The number of benzene rings is 1. The van der Waals surface area contributed by atoms with E-state index in [0.717, 1.165) is 10.7 Å². The number of furan rings is 1. The Kier molecular flexibility index (Phi) is 7.03. The second-order valence-corrected chi connectivity index (χ2v) is 8.56. The van der Waals surface area contributed by atoms with E-state index >= 15 is 0 Å². The highest BCUT2D eigenvalue weighted by atomic mass is 32.2. The summed E-state index contributed by atoms with van der Waals surface area (Å²) in [6.45, 7) is 2.98. The Morgan fingerprint density at radius 2 is 2.00 bits per heavy atom. The molecule has 0 fully saturated rings. The van der Waals surface area contributed by atoms with Crippen LogP contribution in [0.2, 0.25) is 0 Å². The zero-order valence-electron chi connectivity index (χ0n) is 17.3. The van der Waals surface area contributed by atoms with Gasteiger partial charge in [-0.3, -0.25) is 9.59 Å². The minimum Gasteiger partial charge on any atom is -0.467 e. The van der Waals surface area contributed by atoms with Gasteiger partial charge >= 0.3 is 0 Å². The van der Waals surface area contributed by atoms with Gasteiger partial charge in [0.25, 0.3) is 5.91 Å². The Hall–Kier alpha value is -3.37. The van der Waals surface area contributed by atoms with E-state index in [-0.39, 0.29) is 24.1 Å². The number of aromatic nitrogens is 3. The van der Waals surface area contributed by atoms with Crippen molar-refractivity contribution in [3.8, 4) is 10.7 Å². The molecule has 3 heterocycles. The van der Waals surface area contributed by atoms with E-state index < -0.39 is 0 Å². The molecule has 10 heteroatoms. The fourth-order valence-electron chi connectivity index (χ4n) is 3.05. The number of anilines is 1. The summed E-state index contributed by atoms with van der Waals surface area (Å²) in [4.78, 5) is 26.2. The van der Waals surface area contributed by atoms with Crippen LogP contribution >= 0.6 is 23.1 Å². The summed E-state index contributed by atoms with van der Waals surface area (Å²) in [6.07, 6.45) is 1.55. The van der Waals surface area contributed by atoms with Gasteiger partial charge in [0.05, 0.1) is 34.7 Å². The number of nitrogens with one attached hydrogen (secondary N) is 2. The summed E-state index contributed by atoms with van der Waals surface area (Å²) in [5.41, 5.74) is 0.834. The van der Waals surface area contributed by atoms with Crippen molar-refractivity contribution in [2.24, 2.45) is 0 Å². The normalized spacial score (nSPS) is 10.8. The summed E-state index contributed by atoms with van der Waals surface area (Å²) < 4.78 is 7.22. The zero-order valence-corrected chi connectivity index (χ0v) is 18.9. The van der Waals surface area contributed by atoms with E-state index in [1.54, 1.807) is 54.0 Å². The van der Waals surface area contributed by atoms with Gasteiger partial charge in [0, 0.05) is 6.54 Å². The van der Waals surface area contributed by atoms with Gasteiger partial charge in [-0.25, -0.2) is 0 Å². The Labute approximate surface area is 193 Å². The van der Waals surface area contributed by atoms with Crippen LogP contribution < -0.4 is 10.6 Å². The first kappa shape index (κ1) is 21.8. The molecule has 0 saturated heterocycles. The zero-order chi connectivity index (χ0) is 22.3. The monoisotopic (exact) mass is 467 g/mol. The van der Waals surface area contributed by atoms with Gasteiger partial charge in [0.2, 0.25) is 5.91 Å². The quantitative estimate of drug-likeness (QED) is 0.356. The molecule has 8 nitrogen and oxygen atoms in total. The van der Waals surface area contributed by atoms with Crippen molar-refractivity contribution < 1.29 is 14.0 Å². The number of para-hydroxylation sites is 1. The molecule has 164 valence electrons. The molecule has 0 radical (unpaired) electrons. The van der Waals surface area contributed by atoms with Crippen LogP contribution in [0.1, 0.15) is 23.0 Å². The van der Waals surface area contributed by atoms with Gasteiger partial charge in [-0.15, -0.1) is 21.5 Å². The van der Waals surface area contributed by atoms with Crippen LogP contribution in [-0.4, -0.2) is 32.3 Å². The summed E-state index contributed by atoms with van der Waals surface area (Å²) in [5, 5.41) is 16.8. The lowest BCUT2D eigenvalue weighted by Gasteiger charge is -2.11. The van der Waals surface area contributed by atoms with Crippen LogP contribution in [0.5, 0.6) is 0 Å². The highest BCUT2D eigenvalue weighted by molar-refractivity contribution is 7.99. The highest BCUT2D eigenvalue weighted by Gasteiger charge is 2.17. The smallest absolute Gasteiger partial charge is 0.253 e. The third-order valence-corrected chi connectivity index (χ3v) is 6.39. The number of thiophene rings is 1. The molecule has 32 heavy (non-hydrogen) atoms. The number of hydrogen-bond donors (Lipinski definition) is 2. The number of rotatable bonds is 9. The summed E-state index contributed by atoms with van der Waals surface area (Å²) >= 11 is 2.91. The lowest BCUT2D eigenvalue weighted by atomic mass is 10.1. The van der Waals surface area contributed by atoms with Crippen LogP contribution in [0.4, 0.5) is 5.69 Å². The predicted octanol–water partition coefficient (Wildman–Crippen LogP) is 4.28. The molecule has 2 amide bonds. The largest absolute Gasteiger partial charge is 0.467 e. The van der Waals surface area contributed by atoms with Gasteiger partial charge < -0.3 is 19.6 Å². The van der Waals surface area contributed by atoms with Gasteiger partial charge in [-0.1, -0.05) is 30.0 Å². The number of carbonyl (C=O) groups excluding carboxylic acids is 2. The van der Waals surface area contributed by atoms with Crippen LogP contribution in [0.3, 0.4) is 0 Å². The molecule has 0 bridgehead atoms. The van der Waals surface area contributed by atoms with E-state index in [1.807, 2.05) is 29.0 Å². The fourth-order valence-corrected chi connectivity index (χ4v) is 4.57. The molecule has 0 spiro atoms. The Morgan fingerprint density at radius 3 is 2.75 bits per heavy atom. The molecule has 0 atom stereocenters. The minimum absolute atomic E-state index is 0.144. The molecule has 0 aliphatic rings. The topological polar surface area (TPSA) is 102 Å². The number of amides is 2. The van der Waals surface area contributed by atoms with Crippen molar-refractivity contribution in [3.05, 3.63) is 71.5 Å². The maximum Gasteiger partial charge on any atom is 0.253 e. The number of hydrogen-bond acceptors (Lipinski definition) is 7. The molecule has 0 aliphatic carbocycles. The second-order valence-electron chi connectivity index (χ2n) is 6.67. The fraction of sp³-hybridized carbons (Fsp3) is 0.182. The van der Waals surface area contributed by atoms with Crippen molar-refractivity contribution in [1.29, 1.82) is 0 Å². The SMILES string of the molecule is CCn1c(SCC(=O)Nc2ccccc2C(=O)NCc2ccco2)nnc1-c1cccs1. The molecule has 2 N–H and O–H groups in total. The van der Waals surface area contributed by atoms with Crippen molar-refractivity contribution >= 4 is 40.6 Å². The lowest BCUT2D eigenvalue weighted by Crippen LogP contribution is -2.25. The molecule has 0 unspecified atom stereocenters. The molecule has 4 aromatic rings. The highest BCUT2D eigenvalue weighted by Crippen LogP contribution is 2.27. The molecule has 1 aromatic carbocycles. The van der Waals surface area contributed by atoms with E-state index in [2.05, 4.69) is 20.8 Å². The summed E-state index contributed by atoms with van der Waals surface area (Å²) in [5.74, 6) is 1.06. The molecular formula is C22H21N5O3S2. The van der Waals surface area contributed by atoms with Crippen LogP contribution in [-0.2, 0) is 17.9 Å². The van der Waals surface area contributed by atoms with E-state index in [4.69, 9.17) is 4.42 Å². The first-order valence-electron chi connectivity index (χ1n) is 9.95. The molecule has 3 aromatic heterocycles.